The van der Waals surface area contributed by atoms with E-state index in [1.807, 2.05) is 13.8 Å². The average molecular weight is 296 g/mol. The standard InChI is InChI=1S/C17H32N2O2/c1-4-19(15-10-11-15)13-7-6-12-17(3,16(20)21-5-2)18-14-8-9-14/h14-15,18H,4-13H2,1-3H3. The predicted octanol–water partition coefficient (Wildman–Crippen LogP) is 2.71. The summed E-state index contributed by atoms with van der Waals surface area (Å²) in [5.74, 6) is -0.0774. The highest BCUT2D eigenvalue weighted by atomic mass is 16.5. The Labute approximate surface area is 129 Å². The molecule has 0 radical (unpaired) electrons. The molecule has 0 aromatic heterocycles. The van der Waals surface area contributed by atoms with Gasteiger partial charge in [-0.1, -0.05) is 6.92 Å². The Morgan fingerprint density at radius 1 is 1.24 bits per heavy atom. The lowest BCUT2D eigenvalue weighted by Crippen LogP contribution is -2.51. The van der Waals surface area contributed by atoms with E-state index in [4.69, 9.17) is 4.74 Å². The van der Waals surface area contributed by atoms with Crippen LogP contribution >= 0.6 is 0 Å². The van der Waals surface area contributed by atoms with Gasteiger partial charge in [-0.3, -0.25) is 10.1 Å². The van der Waals surface area contributed by atoms with Crippen molar-refractivity contribution >= 4 is 5.97 Å². The van der Waals surface area contributed by atoms with Gasteiger partial charge in [0.05, 0.1) is 6.61 Å². The molecule has 0 saturated heterocycles. The second-order valence-electron chi connectivity index (χ2n) is 6.79. The monoisotopic (exact) mass is 296 g/mol. The number of ether oxygens (including phenoxy) is 1. The van der Waals surface area contributed by atoms with Gasteiger partial charge in [-0.2, -0.15) is 0 Å². The van der Waals surface area contributed by atoms with Crippen LogP contribution < -0.4 is 5.32 Å². The van der Waals surface area contributed by atoms with Gasteiger partial charge in [0.2, 0.25) is 0 Å². The summed E-state index contributed by atoms with van der Waals surface area (Å²) >= 11 is 0. The SMILES string of the molecule is CCOC(=O)C(C)(CCCCN(CC)C1CC1)NC1CC1. The van der Waals surface area contributed by atoms with E-state index in [1.54, 1.807) is 0 Å². The van der Waals surface area contributed by atoms with Gasteiger partial charge in [-0.15, -0.1) is 0 Å². The third-order valence-electron chi connectivity index (χ3n) is 4.67. The zero-order valence-corrected chi connectivity index (χ0v) is 14.0. The highest BCUT2D eigenvalue weighted by Crippen LogP contribution is 2.28. The van der Waals surface area contributed by atoms with E-state index in [1.165, 1.54) is 38.6 Å². The van der Waals surface area contributed by atoms with Crippen LogP contribution in [-0.4, -0.2) is 48.2 Å². The highest BCUT2D eigenvalue weighted by Gasteiger charge is 2.39. The molecule has 2 aliphatic rings. The lowest BCUT2D eigenvalue weighted by molar-refractivity contribution is -0.151. The van der Waals surface area contributed by atoms with Gasteiger partial charge in [-0.05, 0) is 71.9 Å². The maximum Gasteiger partial charge on any atom is 0.326 e. The van der Waals surface area contributed by atoms with E-state index in [0.29, 0.717) is 12.6 Å². The van der Waals surface area contributed by atoms with E-state index in [0.717, 1.165) is 25.4 Å². The normalized spacial score (nSPS) is 21.3. The minimum absolute atomic E-state index is 0.0774. The van der Waals surface area contributed by atoms with Gasteiger partial charge in [0, 0.05) is 12.1 Å². The topological polar surface area (TPSA) is 41.6 Å². The van der Waals surface area contributed by atoms with Crippen molar-refractivity contribution in [2.45, 2.75) is 83.3 Å². The van der Waals surface area contributed by atoms with Crippen LogP contribution in [0.1, 0.15) is 65.7 Å². The Kier molecular flexibility index (Phi) is 6.06. The molecule has 4 nitrogen and oxygen atoms in total. The Morgan fingerprint density at radius 2 is 1.95 bits per heavy atom. The van der Waals surface area contributed by atoms with Crippen LogP contribution in [-0.2, 0) is 9.53 Å². The Morgan fingerprint density at radius 3 is 2.48 bits per heavy atom. The molecule has 0 aliphatic heterocycles. The van der Waals surface area contributed by atoms with Crippen molar-refractivity contribution in [1.29, 1.82) is 0 Å². The molecule has 1 N–H and O–H groups in total. The van der Waals surface area contributed by atoms with E-state index >= 15 is 0 Å². The van der Waals surface area contributed by atoms with Crippen LogP contribution in [0.3, 0.4) is 0 Å². The number of rotatable bonds is 11. The molecule has 122 valence electrons. The molecule has 2 rings (SSSR count). The summed E-state index contributed by atoms with van der Waals surface area (Å²) in [6.07, 6.45) is 8.27. The fraction of sp³-hybridized carbons (Fsp3) is 0.941. The maximum atomic E-state index is 12.2. The molecule has 2 aliphatic carbocycles. The van der Waals surface area contributed by atoms with E-state index in [9.17, 15) is 4.79 Å². The van der Waals surface area contributed by atoms with Crippen LogP contribution in [0.4, 0.5) is 0 Å². The fourth-order valence-electron chi connectivity index (χ4n) is 3.03. The van der Waals surface area contributed by atoms with Crippen LogP contribution in [0.5, 0.6) is 0 Å². The number of hydrogen-bond acceptors (Lipinski definition) is 4. The third-order valence-corrected chi connectivity index (χ3v) is 4.67. The molecule has 0 amide bonds. The summed E-state index contributed by atoms with van der Waals surface area (Å²) in [6.45, 7) is 8.93. The molecule has 0 aromatic rings. The van der Waals surface area contributed by atoms with Crippen molar-refractivity contribution in [2.24, 2.45) is 0 Å². The fourth-order valence-corrected chi connectivity index (χ4v) is 3.03. The average Bonchev–Trinajstić information content (AvgIpc) is 3.33. The summed E-state index contributed by atoms with van der Waals surface area (Å²) in [5.41, 5.74) is -0.492. The molecule has 0 heterocycles. The first-order valence-electron chi connectivity index (χ1n) is 8.78. The number of hydrogen-bond donors (Lipinski definition) is 1. The first kappa shape index (κ1) is 16.8. The van der Waals surface area contributed by atoms with Gasteiger partial charge in [0.25, 0.3) is 0 Å². The van der Waals surface area contributed by atoms with Crippen molar-refractivity contribution in [3.63, 3.8) is 0 Å². The first-order valence-corrected chi connectivity index (χ1v) is 8.78. The smallest absolute Gasteiger partial charge is 0.326 e. The third kappa shape index (κ3) is 5.26. The quantitative estimate of drug-likeness (QED) is 0.470. The van der Waals surface area contributed by atoms with Crippen LogP contribution in [0.25, 0.3) is 0 Å². The first-order chi connectivity index (χ1) is 10.1. The van der Waals surface area contributed by atoms with Gasteiger partial charge >= 0.3 is 5.97 Å². The molecule has 0 bridgehead atoms. The molecule has 2 fully saturated rings. The predicted molar refractivity (Wildman–Crippen MR) is 85.3 cm³/mol. The minimum atomic E-state index is -0.492. The Balaban J connectivity index is 1.73. The summed E-state index contributed by atoms with van der Waals surface area (Å²) < 4.78 is 5.27. The highest BCUT2D eigenvalue weighted by molar-refractivity contribution is 5.80. The summed E-state index contributed by atoms with van der Waals surface area (Å²) in [5, 5.41) is 3.50. The summed E-state index contributed by atoms with van der Waals surface area (Å²) in [7, 11) is 0. The van der Waals surface area contributed by atoms with Crippen LogP contribution in [0.15, 0.2) is 0 Å². The molecular weight excluding hydrogens is 264 g/mol. The van der Waals surface area contributed by atoms with Crippen molar-refractivity contribution < 1.29 is 9.53 Å². The molecular formula is C17H32N2O2. The van der Waals surface area contributed by atoms with Gasteiger partial charge in [0.1, 0.15) is 5.54 Å². The Bertz CT molecular complexity index is 340. The van der Waals surface area contributed by atoms with Gasteiger partial charge in [-0.25, -0.2) is 0 Å². The summed E-state index contributed by atoms with van der Waals surface area (Å²) in [6, 6.07) is 1.37. The molecule has 0 aromatic carbocycles. The van der Waals surface area contributed by atoms with E-state index in [-0.39, 0.29) is 5.97 Å². The number of nitrogens with zero attached hydrogens (tertiary/aromatic N) is 1. The van der Waals surface area contributed by atoms with Gasteiger partial charge < -0.3 is 9.64 Å². The molecule has 21 heavy (non-hydrogen) atoms. The van der Waals surface area contributed by atoms with E-state index in [2.05, 4.69) is 17.1 Å². The molecule has 0 spiro atoms. The number of carbonyl (C=O) groups is 1. The van der Waals surface area contributed by atoms with E-state index < -0.39 is 5.54 Å². The summed E-state index contributed by atoms with van der Waals surface area (Å²) in [4.78, 5) is 14.8. The van der Waals surface area contributed by atoms with Gasteiger partial charge in [0.15, 0.2) is 0 Å². The van der Waals surface area contributed by atoms with Crippen molar-refractivity contribution in [2.75, 3.05) is 19.7 Å². The molecule has 1 unspecified atom stereocenters. The number of nitrogens with one attached hydrogen (secondary N) is 1. The number of carbonyl (C=O) groups excluding carboxylic acids is 1. The molecule has 4 heteroatoms. The minimum Gasteiger partial charge on any atom is -0.465 e. The zero-order valence-electron chi connectivity index (χ0n) is 14.0. The number of unbranched alkanes of at least 4 members (excludes halogenated alkanes) is 1. The number of esters is 1. The largest absolute Gasteiger partial charge is 0.465 e. The molecule has 1 atom stereocenters. The van der Waals surface area contributed by atoms with Crippen molar-refractivity contribution in [1.82, 2.24) is 10.2 Å². The Hall–Kier alpha value is -0.610. The lowest BCUT2D eigenvalue weighted by atomic mass is 9.94. The zero-order chi connectivity index (χ0) is 15.3. The van der Waals surface area contributed by atoms with Crippen molar-refractivity contribution in [3.05, 3.63) is 0 Å². The second-order valence-corrected chi connectivity index (χ2v) is 6.79. The maximum absolute atomic E-state index is 12.2. The second kappa shape index (κ2) is 7.59. The lowest BCUT2D eigenvalue weighted by Gasteiger charge is -2.29. The van der Waals surface area contributed by atoms with Crippen molar-refractivity contribution in [3.8, 4) is 0 Å². The van der Waals surface area contributed by atoms with Crippen LogP contribution in [0, 0.1) is 0 Å². The molecule has 2 saturated carbocycles. The van der Waals surface area contributed by atoms with Crippen LogP contribution in [0.2, 0.25) is 0 Å².